The zero-order valence-corrected chi connectivity index (χ0v) is 11.6. The zero-order chi connectivity index (χ0) is 13.8. The second kappa shape index (κ2) is 6.10. The third-order valence-electron chi connectivity index (χ3n) is 3.22. The van der Waals surface area contributed by atoms with Crippen LogP contribution in [0, 0.1) is 5.92 Å². The molecule has 19 heavy (non-hydrogen) atoms. The van der Waals surface area contributed by atoms with Crippen molar-refractivity contribution in [1.29, 1.82) is 0 Å². The van der Waals surface area contributed by atoms with Gasteiger partial charge in [0.15, 0.2) is 0 Å². The van der Waals surface area contributed by atoms with E-state index < -0.39 is 12.0 Å². The number of carbonyl (C=O) groups is 2. The van der Waals surface area contributed by atoms with Crippen LogP contribution in [0.1, 0.15) is 29.6 Å². The maximum absolute atomic E-state index is 12.0. The molecule has 0 bridgehead atoms. The van der Waals surface area contributed by atoms with Crippen molar-refractivity contribution in [3.05, 3.63) is 29.8 Å². The molecule has 1 aliphatic rings. The maximum atomic E-state index is 12.0. The van der Waals surface area contributed by atoms with Gasteiger partial charge >= 0.3 is 5.97 Å². The van der Waals surface area contributed by atoms with Crippen molar-refractivity contribution in [3.8, 4) is 0 Å². The Morgan fingerprint density at radius 1 is 1.37 bits per heavy atom. The summed E-state index contributed by atoms with van der Waals surface area (Å²) >= 11 is 1.60. The summed E-state index contributed by atoms with van der Waals surface area (Å²) < 4.78 is 0. The largest absolute Gasteiger partial charge is 0.480 e. The quantitative estimate of drug-likeness (QED) is 0.785. The van der Waals surface area contributed by atoms with Crippen LogP contribution < -0.4 is 5.32 Å². The first-order valence-electron chi connectivity index (χ1n) is 6.28. The van der Waals surface area contributed by atoms with Crippen LogP contribution in [0.2, 0.25) is 0 Å². The van der Waals surface area contributed by atoms with Crippen LogP contribution in [0.4, 0.5) is 0 Å². The van der Waals surface area contributed by atoms with Crippen molar-refractivity contribution < 1.29 is 14.7 Å². The summed E-state index contributed by atoms with van der Waals surface area (Å²) in [4.78, 5) is 24.2. The van der Waals surface area contributed by atoms with Crippen molar-refractivity contribution >= 4 is 23.6 Å². The number of amides is 1. The third-order valence-corrected chi connectivity index (χ3v) is 3.97. The molecule has 5 heteroatoms. The van der Waals surface area contributed by atoms with Crippen LogP contribution in [0.25, 0.3) is 0 Å². The van der Waals surface area contributed by atoms with Crippen LogP contribution in [0.5, 0.6) is 0 Å². The van der Waals surface area contributed by atoms with E-state index in [2.05, 4.69) is 5.32 Å². The van der Waals surface area contributed by atoms with E-state index in [4.69, 9.17) is 5.11 Å². The Morgan fingerprint density at radius 3 is 2.47 bits per heavy atom. The monoisotopic (exact) mass is 279 g/mol. The maximum Gasteiger partial charge on any atom is 0.326 e. The number of hydrogen-bond acceptors (Lipinski definition) is 3. The molecule has 0 saturated heterocycles. The highest BCUT2D eigenvalue weighted by molar-refractivity contribution is 7.98. The number of carboxylic acids is 1. The molecule has 1 fully saturated rings. The van der Waals surface area contributed by atoms with E-state index in [1.165, 1.54) is 0 Å². The summed E-state index contributed by atoms with van der Waals surface area (Å²) in [5, 5.41) is 11.7. The van der Waals surface area contributed by atoms with Gasteiger partial charge in [-0.2, -0.15) is 0 Å². The summed E-state index contributed by atoms with van der Waals surface area (Å²) in [5.74, 6) is -0.818. The van der Waals surface area contributed by atoms with E-state index in [0.717, 1.165) is 17.7 Å². The summed E-state index contributed by atoms with van der Waals surface area (Å²) in [7, 11) is 0. The van der Waals surface area contributed by atoms with Crippen molar-refractivity contribution in [1.82, 2.24) is 5.32 Å². The van der Waals surface area contributed by atoms with Gasteiger partial charge in [-0.1, -0.05) is 12.8 Å². The molecule has 0 aliphatic heterocycles. The first kappa shape index (κ1) is 13.9. The van der Waals surface area contributed by atoms with E-state index in [1.807, 2.05) is 18.4 Å². The normalized spacial score (nSPS) is 15.8. The molecule has 1 unspecified atom stereocenters. The molecule has 0 heterocycles. The van der Waals surface area contributed by atoms with Gasteiger partial charge in [0.2, 0.25) is 0 Å². The fourth-order valence-corrected chi connectivity index (χ4v) is 2.30. The van der Waals surface area contributed by atoms with E-state index in [0.29, 0.717) is 17.9 Å². The fraction of sp³-hybridized carbons (Fsp3) is 0.429. The number of carboxylic acid groups (broad SMARTS) is 1. The van der Waals surface area contributed by atoms with Crippen molar-refractivity contribution in [2.75, 3.05) is 6.26 Å². The minimum Gasteiger partial charge on any atom is -0.480 e. The molecule has 1 aliphatic carbocycles. The van der Waals surface area contributed by atoms with Crippen LogP contribution in [0.15, 0.2) is 29.2 Å². The van der Waals surface area contributed by atoms with E-state index in [1.54, 1.807) is 23.9 Å². The molecule has 0 aromatic heterocycles. The van der Waals surface area contributed by atoms with Gasteiger partial charge in [-0.15, -0.1) is 11.8 Å². The molecule has 1 amide bonds. The Labute approximate surface area is 116 Å². The molecule has 0 spiro atoms. The molecule has 1 aromatic rings. The number of rotatable bonds is 6. The summed E-state index contributed by atoms with van der Waals surface area (Å²) in [6.45, 7) is 0. The van der Waals surface area contributed by atoms with Gasteiger partial charge in [0.25, 0.3) is 5.91 Å². The fourth-order valence-electron chi connectivity index (χ4n) is 1.89. The van der Waals surface area contributed by atoms with Gasteiger partial charge in [0.05, 0.1) is 0 Å². The average Bonchev–Trinajstić information content (AvgIpc) is 3.22. The molecular weight excluding hydrogens is 262 g/mol. The average molecular weight is 279 g/mol. The molecular formula is C14H17NO3S. The Morgan fingerprint density at radius 2 is 2.00 bits per heavy atom. The molecule has 2 rings (SSSR count). The lowest BCUT2D eigenvalue weighted by atomic mass is 10.1. The Balaban J connectivity index is 1.98. The minimum absolute atomic E-state index is 0.319. The predicted molar refractivity (Wildman–Crippen MR) is 74.5 cm³/mol. The lowest BCUT2D eigenvalue weighted by Gasteiger charge is -2.14. The van der Waals surface area contributed by atoms with Gasteiger partial charge in [0.1, 0.15) is 6.04 Å². The predicted octanol–water partition coefficient (Wildman–Crippen LogP) is 2.39. The first-order valence-corrected chi connectivity index (χ1v) is 7.50. The number of thioether (sulfide) groups is 1. The molecule has 1 aromatic carbocycles. The van der Waals surface area contributed by atoms with E-state index >= 15 is 0 Å². The third kappa shape index (κ3) is 3.99. The number of nitrogens with one attached hydrogen (secondary N) is 1. The molecule has 4 nitrogen and oxygen atoms in total. The van der Waals surface area contributed by atoms with Crippen LogP contribution in [-0.2, 0) is 4.79 Å². The topological polar surface area (TPSA) is 66.4 Å². The Kier molecular flexibility index (Phi) is 4.47. The Hall–Kier alpha value is -1.49. The highest BCUT2D eigenvalue weighted by atomic mass is 32.2. The molecule has 1 atom stereocenters. The van der Waals surface area contributed by atoms with E-state index in [9.17, 15) is 9.59 Å². The van der Waals surface area contributed by atoms with Gasteiger partial charge in [-0.05, 0) is 42.9 Å². The minimum atomic E-state index is -0.957. The number of benzene rings is 1. The lowest BCUT2D eigenvalue weighted by Crippen LogP contribution is -2.41. The Bertz CT molecular complexity index is 468. The molecule has 102 valence electrons. The van der Waals surface area contributed by atoms with Gasteiger partial charge in [0, 0.05) is 10.5 Å². The van der Waals surface area contributed by atoms with Gasteiger partial charge in [-0.25, -0.2) is 4.79 Å². The van der Waals surface area contributed by atoms with Crippen LogP contribution in [-0.4, -0.2) is 29.3 Å². The standard InChI is InChI=1S/C14H17NO3S/c1-19-11-6-4-10(5-7-11)13(16)15-12(14(17)18)8-9-2-3-9/h4-7,9,12H,2-3,8H2,1H3,(H,15,16)(H,17,18). The summed E-state index contributed by atoms with van der Waals surface area (Å²) in [6.07, 6.45) is 4.64. The van der Waals surface area contributed by atoms with Crippen LogP contribution in [0.3, 0.4) is 0 Å². The second-order valence-electron chi connectivity index (χ2n) is 4.77. The lowest BCUT2D eigenvalue weighted by molar-refractivity contribution is -0.139. The van der Waals surface area contributed by atoms with E-state index in [-0.39, 0.29) is 5.91 Å². The molecule has 1 saturated carbocycles. The highest BCUT2D eigenvalue weighted by Crippen LogP contribution is 2.33. The first-order chi connectivity index (χ1) is 9.10. The highest BCUT2D eigenvalue weighted by Gasteiger charge is 2.30. The molecule has 0 radical (unpaired) electrons. The number of carbonyl (C=O) groups excluding carboxylic acids is 1. The number of hydrogen-bond donors (Lipinski definition) is 2. The second-order valence-corrected chi connectivity index (χ2v) is 5.65. The smallest absolute Gasteiger partial charge is 0.326 e. The zero-order valence-electron chi connectivity index (χ0n) is 10.8. The van der Waals surface area contributed by atoms with Crippen molar-refractivity contribution in [2.24, 2.45) is 5.92 Å². The SMILES string of the molecule is CSc1ccc(C(=O)NC(CC2CC2)C(=O)O)cc1. The molecule has 2 N–H and O–H groups in total. The van der Waals surface area contributed by atoms with Crippen LogP contribution >= 0.6 is 11.8 Å². The van der Waals surface area contributed by atoms with Crippen molar-refractivity contribution in [2.45, 2.75) is 30.2 Å². The van der Waals surface area contributed by atoms with Crippen molar-refractivity contribution in [3.63, 3.8) is 0 Å². The van der Waals surface area contributed by atoms with Gasteiger partial charge in [-0.3, -0.25) is 4.79 Å². The summed E-state index contributed by atoms with van der Waals surface area (Å²) in [5.41, 5.74) is 0.500. The van der Waals surface area contributed by atoms with Gasteiger partial charge < -0.3 is 10.4 Å². The number of aliphatic carboxylic acids is 1. The summed E-state index contributed by atoms with van der Waals surface area (Å²) in [6, 6.07) is 6.38.